The highest BCUT2D eigenvalue weighted by atomic mass is 19.4. The largest absolute Gasteiger partial charge is 0.491 e. The van der Waals surface area contributed by atoms with E-state index < -0.39 is 24.3 Å². The van der Waals surface area contributed by atoms with Crippen LogP contribution < -0.4 is 35.6 Å². The van der Waals surface area contributed by atoms with Gasteiger partial charge >= 0.3 is 12.1 Å². The molecule has 2 aromatic carbocycles. The lowest BCUT2D eigenvalue weighted by Gasteiger charge is -2.39. The Morgan fingerprint density at radius 1 is 0.979 bits per heavy atom. The van der Waals surface area contributed by atoms with Gasteiger partial charge in [0.15, 0.2) is 0 Å². The number of nitrogens with one attached hydrogen (secondary N) is 2. The van der Waals surface area contributed by atoms with Gasteiger partial charge in [-0.05, 0) is 67.9 Å². The second-order valence-electron chi connectivity index (χ2n) is 13.1. The van der Waals surface area contributed by atoms with Crippen molar-refractivity contribution in [3.8, 4) is 22.8 Å². The Kier molecular flexibility index (Phi) is 9.57. The minimum absolute atomic E-state index is 0.0186. The predicted molar refractivity (Wildman–Crippen MR) is 177 cm³/mol. The molecule has 0 aliphatic carbocycles. The van der Waals surface area contributed by atoms with E-state index in [9.17, 15) is 23.1 Å². The van der Waals surface area contributed by atoms with E-state index in [1.54, 1.807) is 12.1 Å². The molecule has 48 heavy (non-hydrogen) atoms. The average Bonchev–Trinajstić information content (AvgIpc) is 3.47. The minimum atomic E-state index is -4.77. The van der Waals surface area contributed by atoms with Crippen LogP contribution in [0.3, 0.4) is 0 Å². The van der Waals surface area contributed by atoms with Gasteiger partial charge in [0.05, 0.1) is 6.10 Å². The van der Waals surface area contributed by atoms with E-state index in [1.165, 1.54) is 12.1 Å². The number of aliphatic carboxylic acids is 1. The van der Waals surface area contributed by atoms with Crippen LogP contribution in [0.25, 0.3) is 11.1 Å². The summed E-state index contributed by atoms with van der Waals surface area (Å²) < 4.78 is 56.2. The van der Waals surface area contributed by atoms with Crippen LogP contribution in [0.1, 0.15) is 44.8 Å². The molecule has 0 amide bonds. The number of nitrogens with two attached hydrogens (primary N) is 1. The predicted octanol–water partition coefficient (Wildman–Crippen LogP) is 4.64. The number of carboxylic acids is 1. The third-order valence-corrected chi connectivity index (χ3v) is 9.38. The molecule has 6 rings (SSSR count). The van der Waals surface area contributed by atoms with Gasteiger partial charge in [-0.3, -0.25) is 4.79 Å². The Bertz CT molecular complexity index is 1590. The van der Waals surface area contributed by atoms with Crippen molar-refractivity contribution in [3.05, 3.63) is 54.1 Å². The van der Waals surface area contributed by atoms with E-state index in [2.05, 4.69) is 20.6 Å². The molecule has 2 atom stereocenters. The molecule has 258 valence electrons. The molecule has 1 spiro atoms. The van der Waals surface area contributed by atoms with Gasteiger partial charge in [0, 0.05) is 63.1 Å². The van der Waals surface area contributed by atoms with E-state index in [-0.39, 0.29) is 28.9 Å². The molecular formula is C34H42F3N7O4. The van der Waals surface area contributed by atoms with E-state index in [0.717, 1.165) is 11.1 Å². The van der Waals surface area contributed by atoms with Gasteiger partial charge in [-0.1, -0.05) is 24.3 Å². The quantitative estimate of drug-likeness (QED) is 0.254. The van der Waals surface area contributed by atoms with Crippen LogP contribution in [0.2, 0.25) is 0 Å². The number of hydrogen-bond acceptors (Lipinski definition) is 10. The number of aromatic nitrogens is 2. The first-order valence-corrected chi connectivity index (χ1v) is 16.3. The second-order valence-corrected chi connectivity index (χ2v) is 13.1. The monoisotopic (exact) mass is 669 g/mol. The summed E-state index contributed by atoms with van der Waals surface area (Å²) in [5.41, 5.74) is 7.91. The Balaban J connectivity index is 1.27. The first-order chi connectivity index (χ1) is 22.9. The number of ether oxygens (including phenoxy) is 2. The first kappa shape index (κ1) is 33.6. The lowest BCUT2D eigenvalue weighted by Crippen LogP contribution is -2.44. The molecular weight excluding hydrogens is 627 g/mol. The number of benzene rings is 2. The van der Waals surface area contributed by atoms with Crippen molar-refractivity contribution in [1.82, 2.24) is 20.6 Å². The van der Waals surface area contributed by atoms with Crippen LogP contribution in [0.4, 0.5) is 30.6 Å². The van der Waals surface area contributed by atoms with Crippen molar-refractivity contribution in [2.75, 3.05) is 61.3 Å². The molecule has 0 bridgehead atoms. The van der Waals surface area contributed by atoms with E-state index in [0.29, 0.717) is 82.3 Å². The number of alkyl halides is 3. The molecule has 14 heteroatoms. The highest BCUT2D eigenvalue weighted by Crippen LogP contribution is 2.44. The molecule has 4 heterocycles. The number of rotatable bonds is 9. The summed E-state index contributed by atoms with van der Waals surface area (Å²) in [5, 5.41) is 15.8. The third-order valence-electron chi connectivity index (χ3n) is 9.38. The summed E-state index contributed by atoms with van der Waals surface area (Å²) >= 11 is 0. The van der Waals surface area contributed by atoms with Crippen LogP contribution >= 0.6 is 0 Å². The summed E-state index contributed by atoms with van der Waals surface area (Å²) in [6.45, 7) is 7.93. The van der Waals surface area contributed by atoms with Crippen LogP contribution in [-0.4, -0.2) is 85.2 Å². The van der Waals surface area contributed by atoms with Crippen LogP contribution in [0.5, 0.6) is 11.6 Å². The number of anilines is 3. The average molecular weight is 670 g/mol. The molecule has 3 aliphatic heterocycles. The van der Waals surface area contributed by atoms with Crippen molar-refractivity contribution >= 4 is 23.4 Å². The summed E-state index contributed by atoms with van der Waals surface area (Å²) in [6.07, 6.45) is -5.11. The molecule has 3 aliphatic rings. The molecule has 11 nitrogen and oxygen atoms in total. The molecule has 0 radical (unpaired) electrons. The zero-order valence-corrected chi connectivity index (χ0v) is 27.1. The fourth-order valence-corrected chi connectivity index (χ4v) is 6.89. The number of hydrogen-bond donors (Lipinski definition) is 4. The third kappa shape index (κ3) is 7.54. The number of halogens is 3. The maximum Gasteiger partial charge on any atom is 0.429 e. The number of carboxylic acid groups (broad SMARTS) is 1. The van der Waals surface area contributed by atoms with E-state index >= 15 is 0 Å². The summed E-state index contributed by atoms with van der Waals surface area (Å²) in [7, 11) is 0. The van der Waals surface area contributed by atoms with Gasteiger partial charge in [-0.2, -0.15) is 23.1 Å². The smallest absolute Gasteiger partial charge is 0.429 e. The molecule has 2 unspecified atom stereocenters. The number of carbonyl (C=O) groups is 1. The van der Waals surface area contributed by atoms with Crippen LogP contribution in [0, 0.1) is 5.41 Å². The molecule has 1 aromatic heterocycles. The van der Waals surface area contributed by atoms with Crippen LogP contribution in [-0.2, 0) is 4.79 Å². The van der Waals surface area contributed by atoms with Crippen molar-refractivity contribution in [2.45, 2.75) is 57.5 Å². The summed E-state index contributed by atoms with van der Waals surface area (Å²) in [5.74, 6) is -0.242. The van der Waals surface area contributed by atoms with Gasteiger partial charge in [0.25, 0.3) is 0 Å². The van der Waals surface area contributed by atoms with Crippen LogP contribution in [0.15, 0.2) is 48.5 Å². The lowest BCUT2D eigenvalue weighted by atomic mass is 9.76. The van der Waals surface area contributed by atoms with Gasteiger partial charge in [0.2, 0.25) is 17.9 Å². The molecule has 3 aromatic rings. The zero-order chi connectivity index (χ0) is 34.1. The standard InChI is InChI=1S/C34H42F3N7O4/c1-21(2)47-24-6-3-22(4-7-24)23-5-8-25(27(17-23)43-15-11-39-12-16-43)30(34(35,36)37)48-29-18-28(41-32(38)42-29)44-13-9-33(10-14-44)19-26(31(45)46)40-20-33/h3-8,17-18,21,26,30,39-40H,9-16,19-20H2,1-2H3,(H,45,46)(H2,38,41,42). The number of piperidine rings is 1. The fraction of sp³-hybridized carbons (Fsp3) is 0.500. The summed E-state index contributed by atoms with van der Waals surface area (Å²) in [6, 6.07) is 13.3. The Morgan fingerprint density at radius 2 is 1.67 bits per heavy atom. The maximum atomic E-state index is 14.9. The highest BCUT2D eigenvalue weighted by molar-refractivity contribution is 5.74. The number of nitrogen functional groups attached to an aromatic ring is 1. The molecule has 0 saturated carbocycles. The zero-order valence-electron chi connectivity index (χ0n) is 27.1. The Morgan fingerprint density at radius 3 is 2.29 bits per heavy atom. The second kappa shape index (κ2) is 13.7. The highest BCUT2D eigenvalue weighted by Gasteiger charge is 2.46. The molecule has 3 saturated heterocycles. The molecule has 3 fully saturated rings. The Labute approximate surface area is 277 Å². The van der Waals surface area contributed by atoms with Crippen molar-refractivity contribution in [2.24, 2.45) is 5.41 Å². The maximum absolute atomic E-state index is 14.9. The normalized spacial score (nSPS) is 20.2. The number of piperazine rings is 1. The van der Waals surface area contributed by atoms with Gasteiger partial charge in [-0.25, -0.2) is 0 Å². The van der Waals surface area contributed by atoms with Gasteiger partial charge in [-0.15, -0.1) is 0 Å². The topological polar surface area (TPSA) is 138 Å². The van der Waals surface area contributed by atoms with Crippen molar-refractivity contribution in [1.29, 1.82) is 0 Å². The summed E-state index contributed by atoms with van der Waals surface area (Å²) in [4.78, 5) is 23.7. The lowest BCUT2D eigenvalue weighted by molar-refractivity contribution is -0.198. The number of nitrogens with zero attached hydrogens (tertiary/aromatic N) is 4. The van der Waals surface area contributed by atoms with Gasteiger partial charge in [0.1, 0.15) is 17.6 Å². The van der Waals surface area contributed by atoms with E-state index in [1.807, 2.05) is 47.9 Å². The first-order valence-electron chi connectivity index (χ1n) is 16.3. The Hall–Kier alpha value is -4.30. The van der Waals surface area contributed by atoms with Crippen molar-refractivity contribution in [3.63, 3.8) is 0 Å². The minimum Gasteiger partial charge on any atom is -0.491 e. The van der Waals surface area contributed by atoms with Crippen molar-refractivity contribution < 1.29 is 32.5 Å². The molecule has 5 N–H and O–H groups in total. The SMILES string of the molecule is CC(C)Oc1ccc(-c2ccc(C(Oc3cc(N4CCC5(CC4)CNC(C(=O)O)C5)nc(N)n3)C(F)(F)F)c(N3CCNCC3)c2)cc1. The van der Waals surface area contributed by atoms with E-state index in [4.69, 9.17) is 15.2 Å². The fourth-order valence-electron chi connectivity index (χ4n) is 6.89. The van der Waals surface area contributed by atoms with Gasteiger partial charge < -0.3 is 40.7 Å².